The second-order valence-corrected chi connectivity index (χ2v) is 4.50. The molecule has 0 saturated carbocycles. The number of hydrogen-bond acceptors (Lipinski definition) is 2. The zero-order valence-electron chi connectivity index (χ0n) is 11.3. The lowest BCUT2D eigenvalue weighted by Gasteiger charge is -2.13. The van der Waals surface area contributed by atoms with Crippen LogP contribution in [0.5, 0.6) is 0 Å². The van der Waals surface area contributed by atoms with E-state index in [1.165, 1.54) is 24.3 Å². The molecule has 22 heavy (non-hydrogen) atoms. The fraction of sp³-hybridized carbons (Fsp3) is 0.133. The zero-order chi connectivity index (χ0) is 16.1. The standard InChI is InChI=1S/C15H13F3N2O2/c16-11-4-2-1-3-10(11)14(21)8-19-15(22)20-9-5-6-12(17)13(18)7-9/h1-7,14,21H,8H2,(H2,19,20,22)/t14-/m1/s1. The van der Waals surface area contributed by atoms with Gasteiger partial charge in [-0.2, -0.15) is 0 Å². The van der Waals surface area contributed by atoms with Gasteiger partial charge in [-0.25, -0.2) is 18.0 Å². The molecule has 0 spiro atoms. The van der Waals surface area contributed by atoms with Gasteiger partial charge < -0.3 is 15.7 Å². The Labute approximate surface area is 124 Å². The topological polar surface area (TPSA) is 61.4 Å². The molecule has 0 saturated heterocycles. The Morgan fingerprint density at radius 3 is 2.45 bits per heavy atom. The molecule has 2 amide bonds. The van der Waals surface area contributed by atoms with Gasteiger partial charge in [-0.15, -0.1) is 0 Å². The van der Waals surface area contributed by atoms with E-state index in [0.29, 0.717) is 0 Å². The minimum absolute atomic E-state index is 0.0515. The van der Waals surface area contributed by atoms with Crippen LogP contribution in [0.1, 0.15) is 11.7 Å². The van der Waals surface area contributed by atoms with E-state index in [4.69, 9.17) is 0 Å². The van der Waals surface area contributed by atoms with Crippen LogP contribution < -0.4 is 10.6 Å². The van der Waals surface area contributed by atoms with E-state index in [-0.39, 0.29) is 17.8 Å². The monoisotopic (exact) mass is 310 g/mol. The van der Waals surface area contributed by atoms with Crippen molar-refractivity contribution in [1.82, 2.24) is 5.32 Å². The van der Waals surface area contributed by atoms with Crippen molar-refractivity contribution < 1.29 is 23.1 Å². The van der Waals surface area contributed by atoms with Crippen molar-refractivity contribution in [2.45, 2.75) is 6.10 Å². The predicted molar refractivity (Wildman–Crippen MR) is 74.7 cm³/mol. The van der Waals surface area contributed by atoms with Crippen molar-refractivity contribution in [3.8, 4) is 0 Å². The SMILES string of the molecule is O=C(NC[C@@H](O)c1ccccc1F)Nc1ccc(F)c(F)c1. The summed E-state index contributed by atoms with van der Waals surface area (Å²) in [6.07, 6.45) is -1.23. The van der Waals surface area contributed by atoms with E-state index >= 15 is 0 Å². The Bertz CT molecular complexity index is 680. The number of benzene rings is 2. The van der Waals surface area contributed by atoms with Crippen molar-refractivity contribution in [3.63, 3.8) is 0 Å². The summed E-state index contributed by atoms with van der Waals surface area (Å²) in [6, 6.07) is 7.78. The van der Waals surface area contributed by atoms with Gasteiger partial charge in [-0.3, -0.25) is 0 Å². The van der Waals surface area contributed by atoms with E-state index in [9.17, 15) is 23.1 Å². The summed E-state index contributed by atoms with van der Waals surface area (Å²) < 4.78 is 39.2. The summed E-state index contributed by atoms with van der Waals surface area (Å²) in [6.45, 7) is -0.240. The maximum atomic E-state index is 13.4. The minimum atomic E-state index is -1.23. The number of rotatable bonds is 4. The Hall–Kier alpha value is -2.54. The number of anilines is 1. The lowest BCUT2D eigenvalue weighted by molar-refractivity contribution is 0.170. The van der Waals surface area contributed by atoms with Gasteiger partial charge >= 0.3 is 6.03 Å². The molecule has 0 bridgehead atoms. The highest BCUT2D eigenvalue weighted by Gasteiger charge is 2.13. The van der Waals surface area contributed by atoms with Gasteiger partial charge in [0.2, 0.25) is 0 Å². The van der Waals surface area contributed by atoms with Crippen LogP contribution in [0.2, 0.25) is 0 Å². The molecule has 4 nitrogen and oxygen atoms in total. The summed E-state index contributed by atoms with van der Waals surface area (Å²) in [5, 5.41) is 14.4. The molecule has 2 rings (SSSR count). The van der Waals surface area contributed by atoms with Gasteiger partial charge in [0.1, 0.15) is 5.82 Å². The molecule has 3 N–H and O–H groups in total. The molecular weight excluding hydrogens is 297 g/mol. The first-order chi connectivity index (χ1) is 10.5. The number of hydrogen-bond donors (Lipinski definition) is 3. The first-order valence-corrected chi connectivity index (χ1v) is 6.40. The fourth-order valence-corrected chi connectivity index (χ4v) is 1.79. The highest BCUT2D eigenvalue weighted by Crippen LogP contribution is 2.16. The smallest absolute Gasteiger partial charge is 0.319 e. The number of amides is 2. The largest absolute Gasteiger partial charge is 0.386 e. The molecule has 0 aliphatic carbocycles. The van der Waals surface area contributed by atoms with Crippen molar-refractivity contribution in [1.29, 1.82) is 0 Å². The molecule has 2 aromatic rings. The molecule has 0 fully saturated rings. The first-order valence-electron chi connectivity index (χ1n) is 6.40. The van der Waals surface area contributed by atoms with Crippen LogP contribution in [-0.2, 0) is 0 Å². The third-order valence-corrected chi connectivity index (χ3v) is 2.90. The quantitative estimate of drug-likeness (QED) is 0.813. The lowest BCUT2D eigenvalue weighted by atomic mass is 10.1. The van der Waals surface area contributed by atoms with E-state index in [1.54, 1.807) is 6.07 Å². The number of aliphatic hydroxyl groups excluding tert-OH is 1. The van der Waals surface area contributed by atoms with Gasteiger partial charge in [0, 0.05) is 23.9 Å². The molecule has 0 unspecified atom stereocenters. The third kappa shape index (κ3) is 3.98. The third-order valence-electron chi connectivity index (χ3n) is 2.90. The van der Waals surface area contributed by atoms with E-state index in [0.717, 1.165) is 12.1 Å². The van der Waals surface area contributed by atoms with Crippen LogP contribution in [0.3, 0.4) is 0 Å². The number of carbonyl (C=O) groups excluding carboxylic acids is 1. The summed E-state index contributed by atoms with van der Waals surface area (Å²) >= 11 is 0. The molecule has 0 aliphatic rings. The van der Waals surface area contributed by atoms with Gasteiger partial charge in [-0.1, -0.05) is 18.2 Å². The Kier molecular flexibility index (Phi) is 5.00. The van der Waals surface area contributed by atoms with Crippen LogP contribution in [0.15, 0.2) is 42.5 Å². The second-order valence-electron chi connectivity index (χ2n) is 4.50. The second kappa shape index (κ2) is 6.95. The van der Waals surface area contributed by atoms with E-state index in [1.807, 2.05) is 0 Å². The van der Waals surface area contributed by atoms with E-state index in [2.05, 4.69) is 10.6 Å². The molecule has 2 aromatic carbocycles. The molecule has 116 valence electrons. The maximum absolute atomic E-state index is 13.4. The van der Waals surface area contributed by atoms with Crippen LogP contribution in [-0.4, -0.2) is 17.7 Å². The highest BCUT2D eigenvalue weighted by atomic mass is 19.2. The average Bonchev–Trinajstić information content (AvgIpc) is 2.49. The fourth-order valence-electron chi connectivity index (χ4n) is 1.79. The van der Waals surface area contributed by atoms with Crippen molar-refractivity contribution in [2.24, 2.45) is 0 Å². The Morgan fingerprint density at radius 2 is 1.77 bits per heavy atom. The predicted octanol–water partition coefficient (Wildman–Crippen LogP) is 2.96. The lowest BCUT2D eigenvalue weighted by Crippen LogP contribution is -2.32. The summed E-state index contributed by atoms with van der Waals surface area (Å²) in [5.41, 5.74) is 0.104. The number of halogens is 3. The number of carbonyl (C=O) groups is 1. The summed E-state index contributed by atoms with van der Waals surface area (Å²) in [4.78, 5) is 11.6. The molecule has 0 aliphatic heterocycles. The number of nitrogens with one attached hydrogen (secondary N) is 2. The first kappa shape index (κ1) is 15.8. The van der Waals surface area contributed by atoms with Crippen LogP contribution >= 0.6 is 0 Å². The van der Waals surface area contributed by atoms with Gasteiger partial charge in [-0.05, 0) is 18.2 Å². The zero-order valence-corrected chi connectivity index (χ0v) is 11.3. The highest BCUT2D eigenvalue weighted by molar-refractivity contribution is 5.89. The maximum Gasteiger partial charge on any atom is 0.319 e. The molecule has 0 heterocycles. The van der Waals surface area contributed by atoms with Crippen molar-refractivity contribution in [2.75, 3.05) is 11.9 Å². The molecular formula is C15H13F3N2O2. The number of aliphatic hydroxyl groups is 1. The van der Waals surface area contributed by atoms with Crippen molar-refractivity contribution >= 4 is 11.7 Å². The van der Waals surface area contributed by atoms with E-state index < -0.39 is 29.6 Å². The average molecular weight is 310 g/mol. The van der Waals surface area contributed by atoms with Gasteiger partial charge in [0.15, 0.2) is 11.6 Å². The van der Waals surface area contributed by atoms with Crippen LogP contribution in [0.25, 0.3) is 0 Å². The van der Waals surface area contributed by atoms with Gasteiger partial charge in [0.05, 0.1) is 6.10 Å². The number of urea groups is 1. The molecule has 1 atom stereocenters. The molecule has 7 heteroatoms. The van der Waals surface area contributed by atoms with Gasteiger partial charge in [0.25, 0.3) is 0 Å². The Morgan fingerprint density at radius 1 is 1.05 bits per heavy atom. The Balaban J connectivity index is 1.90. The minimum Gasteiger partial charge on any atom is -0.386 e. The molecule has 0 aromatic heterocycles. The van der Waals surface area contributed by atoms with Crippen LogP contribution in [0, 0.1) is 17.5 Å². The molecule has 0 radical (unpaired) electrons. The van der Waals surface area contributed by atoms with Crippen molar-refractivity contribution in [3.05, 3.63) is 65.5 Å². The summed E-state index contributed by atoms with van der Waals surface area (Å²) in [5.74, 6) is -2.71. The normalized spacial score (nSPS) is 11.8. The van der Waals surface area contributed by atoms with Crippen LogP contribution in [0.4, 0.5) is 23.7 Å². The summed E-state index contributed by atoms with van der Waals surface area (Å²) in [7, 11) is 0.